The maximum atomic E-state index is 11.5. The van der Waals surface area contributed by atoms with Gasteiger partial charge in [-0.15, -0.1) is 11.3 Å². The Morgan fingerprint density at radius 3 is 2.71 bits per heavy atom. The van der Waals surface area contributed by atoms with Crippen LogP contribution < -0.4 is 20.9 Å². The number of hydrogen-bond donors (Lipinski definition) is 3. The smallest absolute Gasteiger partial charge is 0.233 e. The average Bonchev–Trinajstić information content (AvgIpc) is 3.40. The molecule has 28 heavy (non-hydrogen) atoms. The first kappa shape index (κ1) is 20.9. The highest BCUT2D eigenvalue weighted by Crippen LogP contribution is 2.24. The number of rotatable bonds is 7. The van der Waals surface area contributed by atoms with Crippen molar-refractivity contribution in [3.8, 4) is 0 Å². The largest absolute Gasteiger partial charge is 0.358 e. The number of aliphatic imine (C=N–C) groups is 1. The summed E-state index contributed by atoms with van der Waals surface area (Å²) in [6.07, 6.45) is 5.49. The van der Waals surface area contributed by atoms with Crippen molar-refractivity contribution in [3.63, 3.8) is 0 Å². The second kappa shape index (κ2) is 10.6. The van der Waals surface area contributed by atoms with Crippen molar-refractivity contribution in [2.24, 2.45) is 4.99 Å². The molecular weight excluding hydrogens is 374 g/mol. The molecule has 3 rings (SSSR count). The Bertz CT molecular complexity index is 648. The van der Waals surface area contributed by atoms with E-state index < -0.39 is 0 Å². The van der Waals surface area contributed by atoms with Gasteiger partial charge in [-0.2, -0.15) is 0 Å². The van der Waals surface area contributed by atoms with Crippen LogP contribution in [0, 0.1) is 0 Å². The molecule has 0 aromatic carbocycles. The number of carbonyl (C=O) groups is 1. The zero-order valence-electron chi connectivity index (χ0n) is 17.0. The number of piperidine rings is 1. The number of likely N-dealkylation sites (N-methyl/N-ethyl adjacent to an activating group) is 1. The molecule has 2 saturated heterocycles. The summed E-state index contributed by atoms with van der Waals surface area (Å²) in [5.74, 6) is 0.929. The number of nitrogens with one attached hydrogen (secondary N) is 3. The minimum Gasteiger partial charge on any atom is -0.358 e. The molecule has 0 radical (unpaired) electrons. The fraction of sp³-hybridized carbons (Fsp3) is 0.737. The molecule has 3 N–H and O–H groups in total. The maximum absolute atomic E-state index is 11.5. The van der Waals surface area contributed by atoms with E-state index in [0.717, 1.165) is 63.6 Å². The predicted molar refractivity (Wildman–Crippen MR) is 115 cm³/mol. The first-order valence-corrected chi connectivity index (χ1v) is 11.2. The summed E-state index contributed by atoms with van der Waals surface area (Å²) < 4.78 is 0. The van der Waals surface area contributed by atoms with E-state index in [0.29, 0.717) is 12.6 Å². The maximum Gasteiger partial charge on any atom is 0.233 e. The van der Waals surface area contributed by atoms with Crippen LogP contribution in [-0.2, 0) is 11.2 Å². The van der Waals surface area contributed by atoms with Crippen molar-refractivity contribution >= 4 is 28.3 Å². The molecule has 2 aliphatic heterocycles. The number of anilines is 1. The first-order valence-electron chi connectivity index (χ1n) is 10.3. The van der Waals surface area contributed by atoms with Gasteiger partial charge in [-0.25, -0.2) is 4.98 Å². The summed E-state index contributed by atoms with van der Waals surface area (Å²) in [6.45, 7) is 5.45. The molecular formula is C19H33N7OS. The van der Waals surface area contributed by atoms with Crippen LogP contribution in [0.3, 0.4) is 0 Å². The lowest BCUT2D eigenvalue weighted by Crippen LogP contribution is -2.50. The molecule has 1 amide bonds. The predicted octanol–water partition coefficient (Wildman–Crippen LogP) is 0.661. The van der Waals surface area contributed by atoms with Gasteiger partial charge >= 0.3 is 0 Å². The van der Waals surface area contributed by atoms with Crippen molar-refractivity contribution in [1.29, 1.82) is 0 Å². The van der Waals surface area contributed by atoms with Gasteiger partial charge in [-0.1, -0.05) is 0 Å². The molecule has 0 spiro atoms. The van der Waals surface area contributed by atoms with Gasteiger partial charge in [-0.3, -0.25) is 14.7 Å². The van der Waals surface area contributed by atoms with E-state index in [4.69, 9.17) is 4.98 Å². The molecule has 156 valence electrons. The van der Waals surface area contributed by atoms with Crippen molar-refractivity contribution < 1.29 is 4.79 Å². The van der Waals surface area contributed by atoms with E-state index in [1.807, 2.05) is 7.05 Å². The SMILES string of the molecule is CN=C(NCCc1csc(N2CCCC2)n1)NC1CCN(CC(=O)NC)CC1. The van der Waals surface area contributed by atoms with E-state index in [1.54, 1.807) is 18.4 Å². The fourth-order valence-corrected chi connectivity index (χ4v) is 4.59. The summed E-state index contributed by atoms with van der Waals surface area (Å²) in [5.41, 5.74) is 1.15. The Balaban J connectivity index is 1.35. The van der Waals surface area contributed by atoms with Gasteiger partial charge in [-0.05, 0) is 25.7 Å². The number of likely N-dealkylation sites (tertiary alicyclic amines) is 1. The second-order valence-corrected chi connectivity index (χ2v) is 8.27. The summed E-state index contributed by atoms with van der Waals surface area (Å²) in [4.78, 5) is 25.2. The Hall–Kier alpha value is -1.87. The fourth-order valence-electron chi connectivity index (χ4n) is 3.68. The van der Waals surface area contributed by atoms with Gasteiger partial charge in [0.05, 0.1) is 12.2 Å². The minimum absolute atomic E-state index is 0.0822. The van der Waals surface area contributed by atoms with E-state index in [1.165, 1.54) is 18.0 Å². The number of amides is 1. The topological polar surface area (TPSA) is 84.9 Å². The van der Waals surface area contributed by atoms with Crippen LogP contribution in [0.25, 0.3) is 0 Å². The first-order chi connectivity index (χ1) is 13.7. The Morgan fingerprint density at radius 1 is 1.29 bits per heavy atom. The molecule has 0 aliphatic carbocycles. The third-order valence-electron chi connectivity index (χ3n) is 5.39. The Kier molecular flexibility index (Phi) is 7.90. The van der Waals surface area contributed by atoms with Crippen LogP contribution in [0.2, 0.25) is 0 Å². The number of hydrogen-bond acceptors (Lipinski definition) is 6. The third kappa shape index (κ3) is 6.07. The van der Waals surface area contributed by atoms with Crippen LogP contribution in [-0.4, -0.2) is 81.2 Å². The highest BCUT2D eigenvalue weighted by Gasteiger charge is 2.21. The minimum atomic E-state index is 0.0822. The molecule has 1 aromatic heterocycles. The molecule has 9 heteroatoms. The lowest BCUT2D eigenvalue weighted by molar-refractivity contribution is -0.122. The molecule has 0 atom stereocenters. The van der Waals surface area contributed by atoms with Gasteiger partial charge in [0.1, 0.15) is 0 Å². The third-order valence-corrected chi connectivity index (χ3v) is 6.34. The van der Waals surface area contributed by atoms with E-state index in [2.05, 4.69) is 36.1 Å². The molecule has 1 aromatic rings. The lowest BCUT2D eigenvalue weighted by Gasteiger charge is -2.32. The normalized spacial score (nSPS) is 19.1. The second-order valence-electron chi connectivity index (χ2n) is 7.43. The Labute approximate surface area is 171 Å². The molecule has 0 bridgehead atoms. The number of aromatic nitrogens is 1. The molecule has 0 unspecified atom stereocenters. The van der Waals surface area contributed by atoms with Crippen molar-refractivity contribution in [3.05, 3.63) is 11.1 Å². The average molecular weight is 408 g/mol. The van der Waals surface area contributed by atoms with Crippen LogP contribution >= 0.6 is 11.3 Å². The monoisotopic (exact) mass is 407 g/mol. The van der Waals surface area contributed by atoms with E-state index in [9.17, 15) is 4.79 Å². The highest BCUT2D eigenvalue weighted by atomic mass is 32.1. The van der Waals surface area contributed by atoms with E-state index >= 15 is 0 Å². The number of carbonyl (C=O) groups excluding carboxylic acids is 1. The van der Waals surface area contributed by atoms with Crippen LogP contribution in [0.4, 0.5) is 5.13 Å². The highest BCUT2D eigenvalue weighted by molar-refractivity contribution is 7.13. The number of guanidine groups is 1. The summed E-state index contributed by atoms with van der Waals surface area (Å²) in [5, 5.41) is 13.0. The molecule has 8 nitrogen and oxygen atoms in total. The van der Waals surface area contributed by atoms with E-state index in [-0.39, 0.29) is 5.91 Å². The zero-order chi connectivity index (χ0) is 19.8. The molecule has 0 saturated carbocycles. The molecule has 2 aliphatic rings. The number of nitrogens with zero attached hydrogens (tertiary/aromatic N) is 4. The van der Waals surface area contributed by atoms with Crippen molar-refractivity contribution in [2.75, 3.05) is 58.3 Å². The van der Waals surface area contributed by atoms with Crippen LogP contribution in [0.5, 0.6) is 0 Å². The van der Waals surface area contributed by atoms with Gasteiger partial charge in [0, 0.05) is 64.7 Å². The molecule has 3 heterocycles. The standard InChI is InChI=1S/C19H33N7OS/c1-20-17(27)13-25-11-6-15(7-12-25)23-18(21-2)22-8-5-16-14-28-19(24-16)26-9-3-4-10-26/h14-15H,3-13H2,1-2H3,(H,20,27)(H2,21,22,23). The van der Waals surface area contributed by atoms with Gasteiger partial charge in [0.15, 0.2) is 11.1 Å². The van der Waals surface area contributed by atoms with Crippen molar-refractivity contribution in [1.82, 2.24) is 25.8 Å². The summed E-state index contributed by atoms with van der Waals surface area (Å²) in [6, 6.07) is 0.396. The number of thiazole rings is 1. The Morgan fingerprint density at radius 2 is 2.04 bits per heavy atom. The van der Waals surface area contributed by atoms with Crippen molar-refractivity contribution in [2.45, 2.75) is 38.1 Å². The summed E-state index contributed by atoms with van der Waals surface area (Å²) in [7, 11) is 3.50. The van der Waals surface area contributed by atoms with Gasteiger partial charge in [0.25, 0.3) is 0 Å². The molecule has 2 fully saturated rings. The summed E-state index contributed by atoms with van der Waals surface area (Å²) >= 11 is 1.75. The van der Waals surface area contributed by atoms with Crippen LogP contribution in [0.1, 0.15) is 31.4 Å². The zero-order valence-corrected chi connectivity index (χ0v) is 17.9. The quantitative estimate of drug-likeness (QED) is 0.455. The van der Waals surface area contributed by atoms with Crippen LogP contribution in [0.15, 0.2) is 10.4 Å². The van der Waals surface area contributed by atoms with Gasteiger partial charge in [0.2, 0.25) is 5.91 Å². The van der Waals surface area contributed by atoms with Gasteiger partial charge < -0.3 is 20.9 Å². The lowest BCUT2D eigenvalue weighted by atomic mass is 10.1.